The van der Waals surface area contributed by atoms with Gasteiger partial charge in [0.1, 0.15) is 5.76 Å². The van der Waals surface area contributed by atoms with E-state index in [1.54, 1.807) is 6.26 Å². The van der Waals surface area contributed by atoms with Crippen molar-refractivity contribution in [2.75, 3.05) is 13.1 Å². The molecule has 2 aliphatic rings. The highest BCUT2D eigenvalue weighted by Gasteiger charge is 2.40. The van der Waals surface area contributed by atoms with E-state index in [2.05, 4.69) is 37.1 Å². The van der Waals surface area contributed by atoms with Crippen molar-refractivity contribution in [3.8, 4) is 0 Å². The molecule has 1 aromatic heterocycles. The molecule has 0 amide bonds. The molecule has 2 fully saturated rings. The van der Waals surface area contributed by atoms with E-state index in [4.69, 9.17) is 4.42 Å². The van der Waals surface area contributed by atoms with E-state index in [9.17, 15) is 0 Å². The van der Waals surface area contributed by atoms with Gasteiger partial charge >= 0.3 is 0 Å². The molecule has 118 valence electrons. The van der Waals surface area contributed by atoms with Crippen molar-refractivity contribution in [1.82, 2.24) is 10.2 Å². The fraction of sp³-hybridized carbons (Fsp3) is 0.778. The third kappa shape index (κ3) is 3.51. The summed E-state index contributed by atoms with van der Waals surface area (Å²) in [6, 6.07) is 5.96. The number of piperidine rings is 1. The maximum atomic E-state index is 5.49. The Kier molecular flexibility index (Phi) is 4.70. The molecule has 3 rings (SSSR count). The van der Waals surface area contributed by atoms with Gasteiger partial charge in [-0.05, 0) is 57.6 Å². The van der Waals surface area contributed by atoms with Crippen LogP contribution in [0.1, 0.15) is 45.8 Å². The molecule has 1 N–H and O–H groups in total. The van der Waals surface area contributed by atoms with Gasteiger partial charge in [-0.3, -0.25) is 0 Å². The van der Waals surface area contributed by atoms with Crippen molar-refractivity contribution >= 4 is 0 Å². The minimum absolute atomic E-state index is 0.495. The number of likely N-dealkylation sites (tertiary alicyclic amines) is 1. The molecule has 1 aliphatic heterocycles. The van der Waals surface area contributed by atoms with E-state index in [-0.39, 0.29) is 0 Å². The number of rotatable bonds is 5. The first-order chi connectivity index (χ1) is 10.1. The summed E-state index contributed by atoms with van der Waals surface area (Å²) in [5.74, 6) is 2.76. The zero-order valence-electron chi connectivity index (χ0n) is 13.7. The second-order valence-corrected chi connectivity index (χ2v) is 7.38. The second kappa shape index (κ2) is 6.53. The molecule has 3 heteroatoms. The number of furan rings is 1. The average molecular weight is 290 g/mol. The summed E-state index contributed by atoms with van der Waals surface area (Å²) >= 11 is 0. The summed E-state index contributed by atoms with van der Waals surface area (Å²) in [6.45, 7) is 9.53. The van der Waals surface area contributed by atoms with E-state index in [0.29, 0.717) is 18.1 Å². The Bertz CT molecular complexity index is 414. The van der Waals surface area contributed by atoms with E-state index in [0.717, 1.165) is 24.0 Å². The highest BCUT2D eigenvalue weighted by molar-refractivity contribution is 5.02. The van der Waals surface area contributed by atoms with Crippen molar-refractivity contribution in [3.63, 3.8) is 0 Å². The molecule has 3 unspecified atom stereocenters. The number of nitrogens with zero attached hydrogens (tertiary/aromatic N) is 1. The van der Waals surface area contributed by atoms with Crippen LogP contribution in [0.15, 0.2) is 22.8 Å². The molecule has 0 aromatic carbocycles. The Morgan fingerprint density at radius 1 is 1.24 bits per heavy atom. The Balaban J connectivity index is 1.60. The van der Waals surface area contributed by atoms with Crippen LogP contribution >= 0.6 is 0 Å². The van der Waals surface area contributed by atoms with Crippen molar-refractivity contribution in [1.29, 1.82) is 0 Å². The van der Waals surface area contributed by atoms with Crippen LogP contribution in [0.4, 0.5) is 0 Å². The van der Waals surface area contributed by atoms with Gasteiger partial charge in [-0.2, -0.15) is 0 Å². The van der Waals surface area contributed by atoms with Crippen molar-refractivity contribution < 1.29 is 4.42 Å². The summed E-state index contributed by atoms with van der Waals surface area (Å²) < 4.78 is 5.49. The van der Waals surface area contributed by atoms with Crippen LogP contribution in [-0.2, 0) is 6.42 Å². The quantitative estimate of drug-likeness (QED) is 0.902. The lowest BCUT2D eigenvalue weighted by molar-refractivity contribution is 0.0256. The third-order valence-electron chi connectivity index (χ3n) is 5.40. The third-order valence-corrected chi connectivity index (χ3v) is 5.40. The Labute approximate surface area is 129 Å². The van der Waals surface area contributed by atoms with Gasteiger partial charge in [0.2, 0.25) is 0 Å². The minimum atomic E-state index is 0.495. The van der Waals surface area contributed by atoms with E-state index in [1.807, 2.05) is 6.07 Å². The molecule has 21 heavy (non-hydrogen) atoms. The van der Waals surface area contributed by atoms with Crippen molar-refractivity contribution in [2.45, 2.75) is 64.6 Å². The van der Waals surface area contributed by atoms with Crippen LogP contribution in [0.3, 0.4) is 0 Å². The van der Waals surface area contributed by atoms with E-state index in [1.165, 1.54) is 32.4 Å². The highest BCUT2D eigenvalue weighted by Crippen LogP contribution is 2.36. The molecule has 1 saturated heterocycles. The molecule has 1 aromatic rings. The lowest BCUT2D eigenvalue weighted by Crippen LogP contribution is -2.59. The largest absolute Gasteiger partial charge is 0.469 e. The molecular formula is C18H30N2O. The zero-order chi connectivity index (χ0) is 14.8. The molecule has 1 saturated carbocycles. The zero-order valence-corrected chi connectivity index (χ0v) is 13.7. The lowest BCUT2D eigenvalue weighted by atomic mass is 9.73. The van der Waals surface area contributed by atoms with E-state index >= 15 is 0 Å². The van der Waals surface area contributed by atoms with Gasteiger partial charge in [0.15, 0.2) is 0 Å². The van der Waals surface area contributed by atoms with Gasteiger partial charge in [0, 0.05) is 37.6 Å². The number of hydrogen-bond acceptors (Lipinski definition) is 3. The van der Waals surface area contributed by atoms with Gasteiger partial charge in [0.05, 0.1) is 6.26 Å². The topological polar surface area (TPSA) is 28.4 Å². The van der Waals surface area contributed by atoms with Crippen molar-refractivity contribution in [2.24, 2.45) is 11.8 Å². The lowest BCUT2D eigenvalue weighted by Gasteiger charge is -2.49. The Morgan fingerprint density at radius 2 is 1.95 bits per heavy atom. The second-order valence-electron chi connectivity index (χ2n) is 7.38. The fourth-order valence-electron chi connectivity index (χ4n) is 4.28. The normalized spacial score (nSPS) is 31.5. The molecule has 0 radical (unpaired) electrons. The number of nitrogens with one attached hydrogen (secondary N) is 1. The summed E-state index contributed by atoms with van der Waals surface area (Å²) in [5.41, 5.74) is 0. The summed E-state index contributed by atoms with van der Waals surface area (Å²) in [4.78, 5) is 2.68. The van der Waals surface area contributed by atoms with Gasteiger partial charge in [-0.1, -0.05) is 6.42 Å². The Hall–Kier alpha value is -0.800. The molecule has 3 nitrogen and oxygen atoms in total. The van der Waals surface area contributed by atoms with E-state index < -0.39 is 0 Å². The van der Waals surface area contributed by atoms with Crippen LogP contribution in [0.5, 0.6) is 0 Å². The van der Waals surface area contributed by atoms with Crippen LogP contribution in [-0.4, -0.2) is 36.1 Å². The summed E-state index contributed by atoms with van der Waals surface area (Å²) in [6.07, 6.45) is 6.98. The smallest absolute Gasteiger partial charge is 0.105 e. The molecule has 3 atom stereocenters. The predicted molar refractivity (Wildman–Crippen MR) is 86.3 cm³/mol. The van der Waals surface area contributed by atoms with Gasteiger partial charge in [0.25, 0.3) is 0 Å². The highest BCUT2D eigenvalue weighted by atomic mass is 16.3. The van der Waals surface area contributed by atoms with Gasteiger partial charge in [-0.25, -0.2) is 0 Å². The van der Waals surface area contributed by atoms with Crippen LogP contribution in [0.25, 0.3) is 0 Å². The summed E-state index contributed by atoms with van der Waals surface area (Å²) in [5, 5.41) is 3.93. The number of fused-ring (bicyclic) bond motifs is 2. The maximum absolute atomic E-state index is 5.49. The molecular weight excluding hydrogens is 260 g/mol. The first kappa shape index (κ1) is 15.1. The average Bonchev–Trinajstić information content (AvgIpc) is 2.90. The molecule has 2 heterocycles. The number of hydrogen-bond donors (Lipinski definition) is 1. The predicted octanol–water partition coefficient (Wildman–Crippen LogP) is 3.31. The van der Waals surface area contributed by atoms with Crippen molar-refractivity contribution in [3.05, 3.63) is 24.2 Å². The minimum Gasteiger partial charge on any atom is -0.469 e. The first-order valence-electron chi connectivity index (χ1n) is 8.66. The SMILES string of the molecule is CC(Cc1ccco1)NC1C2CCCC1CN(C(C)C)C2. The standard InChI is InChI=1S/C18H30N2O/c1-13(2)20-11-15-6-4-7-16(12-20)18(15)19-14(3)10-17-8-5-9-21-17/h5,8-9,13-16,18-19H,4,6-7,10-12H2,1-3H3. The Morgan fingerprint density at radius 3 is 2.52 bits per heavy atom. The van der Waals surface area contributed by atoms with Crippen LogP contribution in [0, 0.1) is 11.8 Å². The molecule has 0 spiro atoms. The maximum Gasteiger partial charge on any atom is 0.105 e. The molecule has 2 bridgehead atoms. The summed E-state index contributed by atoms with van der Waals surface area (Å²) in [7, 11) is 0. The fourth-order valence-corrected chi connectivity index (χ4v) is 4.28. The van der Waals surface area contributed by atoms with Gasteiger partial charge < -0.3 is 14.6 Å². The van der Waals surface area contributed by atoms with Crippen LogP contribution in [0.2, 0.25) is 0 Å². The first-order valence-corrected chi connectivity index (χ1v) is 8.66. The van der Waals surface area contributed by atoms with Crippen LogP contribution < -0.4 is 5.32 Å². The molecule has 1 aliphatic carbocycles. The monoisotopic (exact) mass is 290 g/mol. The van der Waals surface area contributed by atoms with Gasteiger partial charge in [-0.15, -0.1) is 0 Å².